The number of rotatable bonds is 7. The van der Waals surface area contributed by atoms with Gasteiger partial charge in [0.05, 0.1) is 34.2 Å². The number of aromatic nitrogens is 3. The summed E-state index contributed by atoms with van der Waals surface area (Å²) in [6.45, 7) is 2.30. The summed E-state index contributed by atoms with van der Waals surface area (Å²) in [4.78, 5) is 35.2. The van der Waals surface area contributed by atoms with Crippen molar-refractivity contribution in [2.45, 2.75) is 44.9 Å². The third kappa shape index (κ3) is 5.66. The van der Waals surface area contributed by atoms with E-state index in [9.17, 15) is 19.1 Å². The molecular formula is C34H31FN6O3S. The normalized spacial score (nSPS) is 14.8. The van der Waals surface area contributed by atoms with Crippen molar-refractivity contribution in [3.63, 3.8) is 0 Å². The topological polar surface area (TPSA) is 126 Å². The van der Waals surface area contributed by atoms with Gasteiger partial charge in [-0.15, -0.1) is 11.3 Å². The van der Waals surface area contributed by atoms with Crippen molar-refractivity contribution < 1.29 is 19.1 Å². The van der Waals surface area contributed by atoms with Crippen molar-refractivity contribution in [2.24, 2.45) is 5.73 Å². The number of nitrogens with two attached hydrogens (primary N) is 1. The van der Waals surface area contributed by atoms with Gasteiger partial charge >= 0.3 is 0 Å². The van der Waals surface area contributed by atoms with Crippen LogP contribution in [0.3, 0.4) is 0 Å². The minimum Gasteiger partial charge on any atom is -0.377 e. The van der Waals surface area contributed by atoms with E-state index in [1.807, 2.05) is 48.7 Å². The van der Waals surface area contributed by atoms with Crippen molar-refractivity contribution in [3.8, 4) is 21.7 Å². The zero-order valence-electron chi connectivity index (χ0n) is 24.5. The Morgan fingerprint density at radius 2 is 1.91 bits per heavy atom. The smallest absolute Gasteiger partial charge is 0.276 e. The summed E-state index contributed by atoms with van der Waals surface area (Å²) >= 11 is 1.33. The maximum Gasteiger partial charge on any atom is 0.276 e. The molecule has 4 heterocycles. The van der Waals surface area contributed by atoms with E-state index in [0.29, 0.717) is 40.7 Å². The summed E-state index contributed by atoms with van der Waals surface area (Å²) < 4.78 is 16.1. The molecule has 2 amide bonds. The second-order valence-corrected chi connectivity index (χ2v) is 12.5. The highest BCUT2D eigenvalue weighted by Crippen LogP contribution is 2.44. The number of nitrogens with one attached hydrogen (secondary N) is 1. The van der Waals surface area contributed by atoms with Crippen molar-refractivity contribution >= 4 is 34.5 Å². The Labute approximate surface area is 263 Å². The van der Waals surface area contributed by atoms with Crippen LogP contribution in [0.15, 0.2) is 72.9 Å². The molecule has 4 N–H and O–H groups in total. The van der Waals surface area contributed by atoms with E-state index >= 15 is 0 Å². The lowest BCUT2D eigenvalue weighted by Gasteiger charge is -2.23. The van der Waals surface area contributed by atoms with Crippen molar-refractivity contribution in [2.75, 3.05) is 16.8 Å². The number of para-hydroxylation sites is 2. The van der Waals surface area contributed by atoms with Crippen LogP contribution in [0.4, 0.5) is 15.8 Å². The van der Waals surface area contributed by atoms with Gasteiger partial charge in [0.25, 0.3) is 11.8 Å². The quantitative estimate of drug-likeness (QED) is 0.199. The van der Waals surface area contributed by atoms with Gasteiger partial charge in [-0.05, 0) is 67.6 Å². The summed E-state index contributed by atoms with van der Waals surface area (Å²) in [5.74, 6) is -0.755. The van der Waals surface area contributed by atoms with Crippen molar-refractivity contribution in [3.05, 3.63) is 106 Å². The fraction of sp³-hybridized carbons (Fsp3) is 0.235. The number of carbonyl (C=O) groups excluding carboxylic acids is 2. The number of carbonyl (C=O) groups is 2. The minimum atomic E-state index is -1.03. The van der Waals surface area contributed by atoms with Crippen LogP contribution in [-0.2, 0) is 13.0 Å². The van der Waals surface area contributed by atoms with E-state index in [-0.39, 0.29) is 24.0 Å². The number of hydrogen-bond donors (Lipinski definition) is 3. The fourth-order valence-electron chi connectivity index (χ4n) is 5.80. The molecule has 1 fully saturated rings. The second-order valence-electron chi connectivity index (χ2n) is 11.5. The number of hydrogen-bond acceptors (Lipinski definition) is 7. The van der Waals surface area contributed by atoms with Crippen LogP contribution in [0.1, 0.15) is 55.7 Å². The van der Waals surface area contributed by atoms with Gasteiger partial charge < -0.3 is 21.1 Å². The number of aryl methyl sites for hydroxylation is 1. The van der Waals surface area contributed by atoms with E-state index in [1.165, 1.54) is 17.4 Å². The standard InChI is InChI=1S/C34H31FN6O3S/c1-19-6-4-8-24(35)30(19)38-33(43)28-16-21-14-15-41(27-11-3-2-7-22(27)32(21)45-28)34(44)26-10-5-9-25(37-26)23-17-40(18-29(36)42)39-31(23)20-12-13-20/h2-11,16-17,20,29,42H,12-15,18,36H2,1H3,(H,38,43). The molecule has 9 nitrogen and oxygen atoms in total. The summed E-state index contributed by atoms with van der Waals surface area (Å²) in [7, 11) is 0. The molecule has 228 valence electrons. The van der Waals surface area contributed by atoms with Crippen molar-refractivity contribution in [1.82, 2.24) is 14.8 Å². The molecule has 3 aromatic heterocycles. The van der Waals surface area contributed by atoms with E-state index < -0.39 is 12.0 Å². The number of pyridine rings is 1. The lowest BCUT2D eigenvalue weighted by Crippen LogP contribution is -2.33. The molecule has 1 saturated carbocycles. The minimum absolute atomic E-state index is 0.166. The van der Waals surface area contributed by atoms with Crippen LogP contribution < -0.4 is 16.0 Å². The maximum atomic E-state index is 14.4. The number of aliphatic hydroxyl groups is 1. The first-order chi connectivity index (χ1) is 21.8. The molecule has 2 aliphatic rings. The Morgan fingerprint density at radius 3 is 2.69 bits per heavy atom. The molecule has 7 rings (SSSR count). The molecule has 45 heavy (non-hydrogen) atoms. The Hall–Kier alpha value is -4.71. The van der Waals surface area contributed by atoms with Gasteiger partial charge in [-0.1, -0.05) is 36.4 Å². The molecule has 0 saturated heterocycles. The first kappa shape index (κ1) is 29.0. The molecule has 1 atom stereocenters. The Bertz CT molecular complexity index is 1930. The maximum absolute atomic E-state index is 14.4. The SMILES string of the molecule is Cc1cccc(F)c1NC(=O)c1cc2c(s1)-c1ccccc1N(C(=O)c1cccc(-c3cn(CC(N)O)nc3C3CC3)n1)CC2. The number of aliphatic hydroxyl groups excluding tert-OH is 1. The number of halogens is 1. The molecule has 11 heteroatoms. The van der Waals surface area contributed by atoms with Gasteiger partial charge in [-0.2, -0.15) is 5.10 Å². The van der Waals surface area contributed by atoms with E-state index in [4.69, 9.17) is 10.7 Å². The van der Waals surface area contributed by atoms with Crippen LogP contribution >= 0.6 is 11.3 Å². The largest absolute Gasteiger partial charge is 0.377 e. The zero-order valence-corrected chi connectivity index (χ0v) is 25.4. The van der Waals surface area contributed by atoms with Gasteiger partial charge in [0.2, 0.25) is 0 Å². The first-order valence-corrected chi connectivity index (χ1v) is 15.7. The third-order valence-electron chi connectivity index (χ3n) is 8.16. The van der Waals surface area contributed by atoms with E-state index in [1.54, 1.807) is 34.7 Å². The average molecular weight is 623 g/mol. The van der Waals surface area contributed by atoms with Crippen LogP contribution in [0.5, 0.6) is 0 Å². The molecule has 0 spiro atoms. The predicted molar refractivity (Wildman–Crippen MR) is 172 cm³/mol. The molecule has 0 radical (unpaired) electrons. The summed E-state index contributed by atoms with van der Waals surface area (Å²) in [6, 6.07) is 19.6. The van der Waals surface area contributed by atoms with Gasteiger partial charge in [0, 0.05) is 34.7 Å². The van der Waals surface area contributed by atoms with Crippen LogP contribution in [0.25, 0.3) is 21.7 Å². The highest BCUT2D eigenvalue weighted by Gasteiger charge is 2.32. The number of fused-ring (bicyclic) bond motifs is 3. The zero-order chi connectivity index (χ0) is 31.2. The van der Waals surface area contributed by atoms with Gasteiger partial charge in [-0.25, -0.2) is 9.37 Å². The average Bonchev–Trinajstić information content (AvgIpc) is 3.69. The predicted octanol–water partition coefficient (Wildman–Crippen LogP) is 5.73. The number of anilines is 2. The number of amides is 2. The molecular weight excluding hydrogens is 591 g/mol. The van der Waals surface area contributed by atoms with Crippen LogP contribution in [0, 0.1) is 12.7 Å². The summed E-state index contributed by atoms with van der Waals surface area (Å²) in [5, 5.41) is 17.1. The number of nitrogens with zero attached hydrogens (tertiary/aromatic N) is 4. The van der Waals surface area contributed by atoms with E-state index in [0.717, 1.165) is 45.8 Å². The third-order valence-corrected chi connectivity index (χ3v) is 9.36. The highest BCUT2D eigenvalue weighted by molar-refractivity contribution is 7.17. The lowest BCUT2D eigenvalue weighted by molar-refractivity contribution is 0.0981. The van der Waals surface area contributed by atoms with Crippen LogP contribution in [-0.4, -0.2) is 44.5 Å². The second kappa shape index (κ2) is 11.7. The molecule has 5 aromatic rings. The van der Waals surface area contributed by atoms with E-state index in [2.05, 4.69) is 10.4 Å². The fourth-order valence-corrected chi connectivity index (χ4v) is 6.94. The molecule has 1 unspecified atom stereocenters. The molecule has 0 bridgehead atoms. The number of benzene rings is 2. The van der Waals surface area contributed by atoms with Crippen molar-refractivity contribution in [1.29, 1.82) is 0 Å². The monoisotopic (exact) mass is 622 g/mol. The lowest BCUT2D eigenvalue weighted by atomic mass is 10.1. The van der Waals surface area contributed by atoms with Gasteiger partial charge in [0.15, 0.2) is 0 Å². The first-order valence-electron chi connectivity index (χ1n) is 14.9. The van der Waals surface area contributed by atoms with Gasteiger partial charge in [-0.3, -0.25) is 14.3 Å². The van der Waals surface area contributed by atoms with Gasteiger partial charge in [0.1, 0.15) is 17.7 Å². The number of thiophene rings is 1. The van der Waals surface area contributed by atoms with Crippen LogP contribution in [0.2, 0.25) is 0 Å². The molecule has 1 aliphatic heterocycles. The summed E-state index contributed by atoms with van der Waals surface area (Å²) in [6.07, 6.45) is 3.40. The Balaban J connectivity index is 1.18. The summed E-state index contributed by atoms with van der Waals surface area (Å²) in [5.41, 5.74) is 11.6. The highest BCUT2D eigenvalue weighted by atomic mass is 32.1. The Morgan fingerprint density at radius 1 is 1.11 bits per heavy atom. The molecule has 2 aromatic carbocycles. The molecule has 1 aliphatic carbocycles. The Kier molecular flexibility index (Phi) is 7.52.